The van der Waals surface area contributed by atoms with Crippen molar-refractivity contribution in [3.8, 4) is 11.5 Å². The number of benzene rings is 1. The third kappa shape index (κ3) is 1.96. The van der Waals surface area contributed by atoms with E-state index in [-0.39, 0.29) is 30.5 Å². The van der Waals surface area contributed by atoms with Crippen LogP contribution in [0.15, 0.2) is 12.1 Å². The molecule has 26 heavy (non-hydrogen) atoms. The minimum absolute atomic E-state index is 0.00235. The average Bonchev–Trinajstić information content (AvgIpc) is 2.96. The van der Waals surface area contributed by atoms with Crippen molar-refractivity contribution < 1.29 is 28.5 Å². The third-order valence-corrected chi connectivity index (χ3v) is 6.17. The standard InChI is InChI=1S/C19H21NO6/c1-18(2)24-14-7-15-19(25-15)3-4-20(17(21)16(14)26-18)8-10-5-12-13(6-11(10)19)23-9-22-12/h5-6,14-16H,3-4,7-9H2,1-2H3/t14-,15?,16+,19?/m1/s1. The lowest BCUT2D eigenvalue weighted by Gasteiger charge is -2.26. The monoisotopic (exact) mass is 359 g/mol. The fraction of sp³-hybridized carbons (Fsp3) is 0.632. The molecule has 5 heterocycles. The van der Waals surface area contributed by atoms with Crippen molar-refractivity contribution in [2.75, 3.05) is 13.3 Å². The molecular weight excluding hydrogens is 338 g/mol. The van der Waals surface area contributed by atoms with Crippen LogP contribution < -0.4 is 9.47 Å². The lowest BCUT2D eigenvalue weighted by Crippen LogP contribution is -2.43. The third-order valence-electron chi connectivity index (χ3n) is 6.17. The van der Waals surface area contributed by atoms with Crippen LogP contribution >= 0.6 is 0 Å². The molecule has 1 aromatic carbocycles. The van der Waals surface area contributed by atoms with Crippen LogP contribution in [0.4, 0.5) is 0 Å². The number of fused-ring (bicyclic) bond motifs is 5. The molecule has 0 N–H and O–H groups in total. The van der Waals surface area contributed by atoms with Crippen LogP contribution in [-0.4, -0.2) is 48.2 Å². The predicted octanol–water partition coefficient (Wildman–Crippen LogP) is 1.67. The van der Waals surface area contributed by atoms with Gasteiger partial charge in [0.25, 0.3) is 5.91 Å². The first-order valence-corrected chi connectivity index (χ1v) is 9.20. The highest BCUT2D eigenvalue weighted by molar-refractivity contribution is 5.82. The van der Waals surface area contributed by atoms with Crippen LogP contribution in [0.3, 0.4) is 0 Å². The Morgan fingerprint density at radius 1 is 1.12 bits per heavy atom. The van der Waals surface area contributed by atoms with Gasteiger partial charge in [0.15, 0.2) is 23.4 Å². The highest BCUT2D eigenvalue weighted by Crippen LogP contribution is 2.57. The number of ether oxygens (including phenoxy) is 5. The van der Waals surface area contributed by atoms with Crippen molar-refractivity contribution in [2.45, 2.75) is 62.9 Å². The van der Waals surface area contributed by atoms with Gasteiger partial charge < -0.3 is 28.6 Å². The Labute approximate surface area is 151 Å². The summed E-state index contributed by atoms with van der Waals surface area (Å²) in [6.45, 7) is 5.12. The second kappa shape index (κ2) is 4.71. The number of rotatable bonds is 0. The summed E-state index contributed by atoms with van der Waals surface area (Å²) < 4.78 is 29.4. The lowest BCUT2D eigenvalue weighted by atomic mass is 9.86. The molecule has 0 aromatic heterocycles. The Hall–Kier alpha value is -1.83. The summed E-state index contributed by atoms with van der Waals surface area (Å²) in [5.41, 5.74) is 1.83. The molecule has 1 spiro atoms. The van der Waals surface area contributed by atoms with Crippen molar-refractivity contribution in [1.29, 1.82) is 0 Å². The van der Waals surface area contributed by atoms with Gasteiger partial charge in [-0.3, -0.25) is 4.79 Å². The largest absolute Gasteiger partial charge is 0.454 e. The van der Waals surface area contributed by atoms with E-state index in [2.05, 4.69) is 0 Å². The van der Waals surface area contributed by atoms with Gasteiger partial charge in [-0.1, -0.05) is 0 Å². The molecule has 0 aliphatic carbocycles. The summed E-state index contributed by atoms with van der Waals surface area (Å²) >= 11 is 0. The maximum Gasteiger partial charge on any atom is 0.254 e. The number of carbonyl (C=O) groups excluding carboxylic acids is 1. The fourth-order valence-corrected chi connectivity index (χ4v) is 4.94. The molecule has 5 aliphatic rings. The van der Waals surface area contributed by atoms with E-state index in [0.717, 1.165) is 29.0 Å². The molecule has 3 fully saturated rings. The number of carbonyl (C=O) groups is 1. The van der Waals surface area contributed by atoms with E-state index in [0.29, 0.717) is 19.5 Å². The topological polar surface area (TPSA) is 69.8 Å². The number of hydrogen-bond acceptors (Lipinski definition) is 6. The molecule has 4 atom stereocenters. The molecule has 3 saturated heterocycles. The second-order valence-electron chi connectivity index (χ2n) is 8.20. The summed E-state index contributed by atoms with van der Waals surface area (Å²) in [7, 11) is 0. The van der Waals surface area contributed by atoms with Gasteiger partial charge in [0.1, 0.15) is 5.60 Å². The first kappa shape index (κ1) is 15.2. The quantitative estimate of drug-likeness (QED) is 0.657. The number of nitrogens with zero attached hydrogens (tertiary/aromatic N) is 1. The average molecular weight is 359 g/mol. The molecule has 7 heteroatoms. The molecule has 6 rings (SSSR count). The first-order valence-electron chi connectivity index (χ1n) is 9.20. The van der Waals surface area contributed by atoms with E-state index in [1.807, 2.05) is 30.9 Å². The summed E-state index contributed by atoms with van der Waals surface area (Å²) in [5, 5.41) is 0. The van der Waals surface area contributed by atoms with Gasteiger partial charge in [0.2, 0.25) is 6.79 Å². The molecule has 1 amide bonds. The smallest absolute Gasteiger partial charge is 0.254 e. The van der Waals surface area contributed by atoms with E-state index in [9.17, 15) is 4.79 Å². The van der Waals surface area contributed by atoms with E-state index in [1.54, 1.807) is 0 Å². The Balaban J connectivity index is 1.47. The summed E-state index contributed by atoms with van der Waals surface area (Å²) in [6, 6.07) is 4.04. The maximum absolute atomic E-state index is 13.2. The molecule has 138 valence electrons. The summed E-state index contributed by atoms with van der Waals surface area (Å²) in [6.07, 6.45) is 0.610. The van der Waals surface area contributed by atoms with Crippen molar-refractivity contribution in [2.24, 2.45) is 0 Å². The Bertz CT molecular complexity index is 822. The molecular formula is C19H21NO6. The highest BCUT2D eigenvalue weighted by Gasteiger charge is 2.63. The number of amides is 1. The van der Waals surface area contributed by atoms with Crippen molar-refractivity contribution in [3.63, 3.8) is 0 Å². The van der Waals surface area contributed by atoms with Gasteiger partial charge in [-0.25, -0.2) is 0 Å². The van der Waals surface area contributed by atoms with Gasteiger partial charge in [0, 0.05) is 25.9 Å². The van der Waals surface area contributed by atoms with Gasteiger partial charge in [-0.2, -0.15) is 0 Å². The minimum Gasteiger partial charge on any atom is -0.454 e. The SMILES string of the molecule is CC1(C)O[C@@H]2C(=O)N3CCC4(OC4C[C@H]2O1)c1cc2c(cc1C3)OCO2. The van der Waals surface area contributed by atoms with E-state index >= 15 is 0 Å². The Morgan fingerprint density at radius 3 is 2.77 bits per heavy atom. The Kier molecular flexibility index (Phi) is 2.76. The minimum atomic E-state index is -0.753. The van der Waals surface area contributed by atoms with E-state index < -0.39 is 11.9 Å². The van der Waals surface area contributed by atoms with E-state index in [1.165, 1.54) is 0 Å². The van der Waals surface area contributed by atoms with Crippen LogP contribution in [0.5, 0.6) is 11.5 Å². The zero-order valence-corrected chi connectivity index (χ0v) is 14.8. The Morgan fingerprint density at radius 2 is 1.92 bits per heavy atom. The van der Waals surface area contributed by atoms with Crippen molar-refractivity contribution >= 4 is 5.91 Å². The summed E-state index contributed by atoms with van der Waals surface area (Å²) in [4.78, 5) is 15.1. The van der Waals surface area contributed by atoms with Gasteiger partial charge in [0.05, 0.1) is 12.2 Å². The molecule has 0 saturated carbocycles. The van der Waals surface area contributed by atoms with E-state index in [4.69, 9.17) is 23.7 Å². The molecule has 1 aromatic rings. The number of epoxide rings is 1. The van der Waals surface area contributed by atoms with Crippen LogP contribution in [-0.2, 0) is 31.2 Å². The molecule has 2 unspecified atom stereocenters. The van der Waals surface area contributed by atoms with Crippen LogP contribution in [0.25, 0.3) is 0 Å². The molecule has 0 radical (unpaired) electrons. The molecule has 7 nitrogen and oxygen atoms in total. The van der Waals surface area contributed by atoms with Crippen LogP contribution in [0.2, 0.25) is 0 Å². The zero-order chi connectivity index (χ0) is 17.7. The first-order chi connectivity index (χ1) is 12.5. The number of hydrogen-bond donors (Lipinski definition) is 0. The second-order valence-corrected chi connectivity index (χ2v) is 8.20. The van der Waals surface area contributed by atoms with Gasteiger partial charge in [-0.05, 0) is 37.1 Å². The molecule has 2 bridgehead atoms. The lowest BCUT2D eigenvalue weighted by molar-refractivity contribution is -0.162. The zero-order valence-electron chi connectivity index (χ0n) is 14.8. The predicted molar refractivity (Wildman–Crippen MR) is 87.6 cm³/mol. The highest BCUT2D eigenvalue weighted by atomic mass is 16.8. The normalized spacial score (nSPS) is 38.6. The van der Waals surface area contributed by atoms with Gasteiger partial charge >= 0.3 is 0 Å². The maximum atomic E-state index is 13.2. The van der Waals surface area contributed by atoms with Crippen LogP contribution in [0.1, 0.15) is 37.8 Å². The summed E-state index contributed by atoms with van der Waals surface area (Å²) in [5.74, 6) is 0.745. The van der Waals surface area contributed by atoms with Crippen molar-refractivity contribution in [1.82, 2.24) is 4.90 Å². The van der Waals surface area contributed by atoms with Gasteiger partial charge in [-0.15, -0.1) is 0 Å². The van der Waals surface area contributed by atoms with Crippen LogP contribution in [0, 0.1) is 0 Å². The molecule has 5 aliphatic heterocycles. The van der Waals surface area contributed by atoms with Crippen molar-refractivity contribution in [3.05, 3.63) is 23.3 Å². The fourth-order valence-electron chi connectivity index (χ4n) is 4.94.